The third-order valence-electron chi connectivity index (χ3n) is 4.24. The van der Waals surface area contributed by atoms with E-state index in [1.54, 1.807) is 14.2 Å². The van der Waals surface area contributed by atoms with Gasteiger partial charge in [-0.3, -0.25) is 0 Å². The minimum atomic E-state index is 0.839. The Kier molecular flexibility index (Phi) is 5.26. The van der Waals surface area contributed by atoms with E-state index in [1.165, 1.54) is 16.7 Å². The molecule has 1 aromatic carbocycles. The van der Waals surface area contributed by atoms with Gasteiger partial charge in [-0.05, 0) is 43.0 Å². The van der Waals surface area contributed by atoms with Crippen molar-refractivity contribution < 1.29 is 9.47 Å². The second kappa shape index (κ2) is 6.95. The van der Waals surface area contributed by atoms with Gasteiger partial charge >= 0.3 is 0 Å². The topological polar surface area (TPSA) is 33.7 Å². The van der Waals surface area contributed by atoms with E-state index in [4.69, 9.17) is 9.47 Å². The molecule has 1 fully saturated rings. The van der Waals surface area contributed by atoms with Gasteiger partial charge in [0.05, 0.1) is 14.2 Å². The Morgan fingerprint density at radius 3 is 2.40 bits per heavy atom. The van der Waals surface area contributed by atoms with Crippen molar-refractivity contribution in [1.82, 2.24) is 10.2 Å². The first-order valence-electron chi connectivity index (χ1n) is 7.31. The van der Waals surface area contributed by atoms with E-state index in [-0.39, 0.29) is 0 Å². The molecule has 0 unspecified atom stereocenters. The number of ether oxygens (including phenoxy) is 2. The van der Waals surface area contributed by atoms with Gasteiger partial charge in [-0.1, -0.05) is 0 Å². The Labute approximate surface area is 122 Å². The van der Waals surface area contributed by atoms with Crippen LogP contribution in [0.3, 0.4) is 0 Å². The van der Waals surface area contributed by atoms with Crippen LogP contribution in [-0.4, -0.2) is 51.8 Å². The zero-order valence-corrected chi connectivity index (χ0v) is 13.1. The summed E-state index contributed by atoms with van der Waals surface area (Å²) < 4.78 is 10.9. The third kappa shape index (κ3) is 3.25. The van der Waals surface area contributed by atoms with E-state index < -0.39 is 0 Å². The highest BCUT2D eigenvalue weighted by atomic mass is 16.5. The van der Waals surface area contributed by atoms with Gasteiger partial charge in [0.2, 0.25) is 0 Å². The summed E-state index contributed by atoms with van der Waals surface area (Å²) in [5.41, 5.74) is 3.86. The van der Waals surface area contributed by atoms with Crippen LogP contribution < -0.4 is 14.8 Å². The summed E-state index contributed by atoms with van der Waals surface area (Å²) in [6.07, 6.45) is 1.06. The van der Waals surface area contributed by atoms with Crippen LogP contribution in [0.5, 0.6) is 11.5 Å². The van der Waals surface area contributed by atoms with Crippen molar-refractivity contribution >= 4 is 0 Å². The van der Waals surface area contributed by atoms with E-state index in [0.717, 1.165) is 50.6 Å². The molecular formula is C16H26N2O2. The fourth-order valence-corrected chi connectivity index (χ4v) is 2.81. The van der Waals surface area contributed by atoms with Crippen molar-refractivity contribution in [1.29, 1.82) is 0 Å². The molecule has 1 heterocycles. The van der Waals surface area contributed by atoms with Crippen LogP contribution in [0.25, 0.3) is 0 Å². The van der Waals surface area contributed by atoms with E-state index in [1.807, 2.05) is 0 Å². The number of piperazine rings is 1. The summed E-state index contributed by atoms with van der Waals surface area (Å²) in [5, 5.41) is 3.39. The molecule has 2 rings (SSSR count). The van der Waals surface area contributed by atoms with Gasteiger partial charge in [0.25, 0.3) is 0 Å². The second-order valence-electron chi connectivity index (χ2n) is 5.36. The van der Waals surface area contributed by atoms with Crippen molar-refractivity contribution in [3.63, 3.8) is 0 Å². The monoisotopic (exact) mass is 278 g/mol. The predicted octanol–water partition coefficient (Wildman–Crippen LogP) is 1.77. The SMILES string of the molecule is COc1cc(CCN2CCNCC2)c(C)c(C)c1OC. The molecule has 1 aromatic rings. The molecule has 1 aliphatic heterocycles. The number of hydrogen-bond donors (Lipinski definition) is 1. The lowest BCUT2D eigenvalue weighted by atomic mass is 9.99. The Morgan fingerprint density at radius 2 is 1.80 bits per heavy atom. The Bertz CT molecular complexity index is 454. The van der Waals surface area contributed by atoms with Crippen molar-refractivity contribution in [3.8, 4) is 11.5 Å². The lowest BCUT2D eigenvalue weighted by Crippen LogP contribution is -2.44. The van der Waals surface area contributed by atoms with E-state index >= 15 is 0 Å². The molecule has 0 aromatic heterocycles. The largest absolute Gasteiger partial charge is 0.493 e. The highest BCUT2D eigenvalue weighted by molar-refractivity contribution is 5.53. The van der Waals surface area contributed by atoms with Gasteiger partial charge in [-0.25, -0.2) is 0 Å². The molecular weight excluding hydrogens is 252 g/mol. The molecule has 0 atom stereocenters. The van der Waals surface area contributed by atoms with Gasteiger partial charge in [0.15, 0.2) is 11.5 Å². The van der Waals surface area contributed by atoms with E-state index in [2.05, 4.69) is 30.1 Å². The quantitative estimate of drug-likeness (QED) is 0.890. The minimum absolute atomic E-state index is 0.839. The summed E-state index contributed by atoms with van der Waals surface area (Å²) in [6, 6.07) is 2.13. The molecule has 20 heavy (non-hydrogen) atoms. The summed E-state index contributed by atoms with van der Waals surface area (Å²) in [7, 11) is 3.40. The van der Waals surface area contributed by atoms with Gasteiger partial charge < -0.3 is 19.7 Å². The highest BCUT2D eigenvalue weighted by Crippen LogP contribution is 2.35. The van der Waals surface area contributed by atoms with E-state index in [9.17, 15) is 0 Å². The molecule has 0 bridgehead atoms. The van der Waals surface area contributed by atoms with Crippen molar-refractivity contribution in [3.05, 3.63) is 22.8 Å². The molecule has 4 nitrogen and oxygen atoms in total. The molecule has 4 heteroatoms. The summed E-state index contributed by atoms with van der Waals surface area (Å²) >= 11 is 0. The number of benzene rings is 1. The first kappa shape index (κ1) is 15.1. The van der Waals surface area contributed by atoms with Gasteiger partial charge in [-0.2, -0.15) is 0 Å². The van der Waals surface area contributed by atoms with E-state index in [0.29, 0.717) is 0 Å². The Balaban J connectivity index is 2.12. The normalized spacial score (nSPS) is 16.2. The fourth-order valence-electron chi connectivity index (χ4n) is 2.81. The second-order valence-corrected chi connectivity index (χ2v) is 5.36. The van der Waals surface area contributed by atoms with Crippen molar-refractivity contribution in [2.75, 3.05) is 46.9 Å². The molecule has 112 valence electrons. The summed E-state index contributed by atoms with van der Waals surface area (Å²) in [4.78, 5) is 2.52. The zero-order chi connectivity index (χ0) is 14.5. The molecule has 0 aliphatic carbocycles. The number of rotatable bonds is 5. The maximum atomic E-state index is 5.46. The van der Waals surface area contributed by atoms with Crippen LogP contribution in [-0.2, 0) is 6.42 Å². The number of nitrogens with one attached hydrogen (secondary N) is 1. The first-order valence-corrected chi connectivity index (χ1v) is 7.31. The highest BCUT2D eigenvalue weighted by Gasteiger charge is 2.15. The first-order chi connectivity index (χ1) is 9.67. The standard InChI is InChI=1S/C16H26N2O2/c1-12-13(2)16(20-4)15(19-3)11-14(12)5-8-18-9-6-17-7-10-18/h11,17H,5-10H2,1-4H3. The lowest BCUT2D eigenvalue weighted by molar-refractivity contribution is 0.243. The molecule has 0 radical (unpaired) electrons. The minimum Gasteiger partial charge on any atom is -0.493 e. The average molecular weight is 278 g/mol. The van der Waals surface area contributed by atoms with Crippen LogP contribution in [0.2, 0.25) is 0 Å². The smallest absolute Gasteiger partial charge is 0.163 e. The fraction of sp³-hybridized carbons (Fsp3) is 0.625. The number of nitrogens with zero attached hydrogens (tertiary/aromatic N) is 1. The third-order valence-corrected chi connectivity index (χ3v) is 4.24. The maximum Gasteiger partial charge on any atom is 0.163 e. The van der Waals surface area contributed by atoms with Crippen LogP contribution in [0.1, 0.15) is 16.7 Å². The van der Waals surface area contributed by atoms with Gasteiger partial charge in [-0.15, -0.1) is 0 Å². The van der Waals surface area contributed by atoms with Gasteiger partial charge in [0.1, 0.15) is 0 Å². The number of hydrogen-bond acceptors (Lipinski definition) is 4. The number of methoxy groups -OCH3 is 2. The average Bonchev–Trinajstić information content (AvgIpc) is 2.49. The summed E-state index contributed by atoms with van der Waals surface area (Å²) in [5.74, 6) is 1.70. The Morgan fingerprint density at radius 1 is 1.10 bits per heavy atom. The van der Waals surface area contributed by atoms with Crippen LogP contribution >= 0.6 is 0 Å². The maximum absolute atomic E-state index is 5.46. The molecule has 0 amide bonds. The summed E-state index contributed by atoms with van der Waals surface area (Å²) in [6.45, 7) is 9.87. The molecule has 0 saturated carbocycles. The van der Waals surface area contributed by atoms with Crippen molar-refractivity contribution in [2.45, 2.75) is 20.3 Å². The van der Waals surface area contributed by atoms with Crippen LogP contribution in [0.4, 0.5) is 0 Å². The zero-order valence-electron chi connectivity index (χ0n) is 13.1. The predicted molar refractivity (Wildman–Crippen MR) is 82.0 cm³/mol. The molecule has 1 N–H and O–H groups in total. The van der Waals surface area contributed by atoms with Gasteiger partial charge in [0, 0.05) is 32.7 Å². The van der Waals surface area contributed by atoms with Crippen LogP contribution in [0, 0.1) is 13.8 Å². The molecule has 0 spiro atoms. The lowest BCUT2D eigenvalue weighted by Gasteiger charge is -2.27. The Hall–Kier alpha value is -1.26. The van der Waals surface area contributed by atoms with Crippen molar-refractivity contribution in [2.24, 2.45) is 0 Å². The molecule has 1 saturated heterocycles. The van der Waals surface area contributed by atoms with Crippen LogP contribution in [0.15, 0.2) is 6.07 Å². The molecule has 1 aliphatic rings.